The van der Waals surface area contributed by atoms with Crippen molar-refractivity contribution in [3.8, 4) is 0 Å². The van der Waals surface area contributed by atoms with Crippen LogP contribution < -0.4 is 5.73 Å². The number of likely N-dealkylation sites (tertiary alicyclic amines) is 1. The molecule has 10 heavy (non-hydrogen) atoms. The number of nitrogens with two attached hydrogens (primary N) is 1. The van der Waals surface area contributed by atoms with Gasteiger partial charge in [0.15, 0.2) is 0 Å². The second-order valence-electron chi connectivity index (χ2n) is 2.90. The van der Waals surface area contributed by atoms with Gasteiger partial charge in [0.1, 0.15) is 0 Å². The second kappa shape index (κ2) is 3.91. The zero-order chi connectivity index (χ0) is 7.40. The van der Waals surface area contributed by atoms with Crippen molar-refractivity contribution >= 4 is 0 Å². The van der Waals surface area contributed by atoms with Crippen molar-refractivity contribution in [3.05, 3.63) is 0 Å². The highest BCUT2D eigenvalue weighted by Crippen LogP contribution is 2.06. The molecular formula is C7H16N2O. The lowest BCUT2D eigenvalue weighted by Crippen LogP contribution is -2.34. The average molecular weight is 144 g/mol. The van der Waals surface area contributed by atoms with E-state index in [1.54, 1.807) is 0 Å². The molecular weight excluding hydrogens is 128 g/mol. The summed E-state index contributed by atoms with van der Waals surface area (Å²) in [5.41, 5.74) is 5.27. The van der Waals surface area contributed by atoms with E-state index in [4.69, 9.17) is 10.8 Å². The number of nitrogens with zero attached hydrogens (tertiary/aromatic N) is 1. The number of rotatable bonds is 3. The standard InChI is InChI=1S/C7H16N2O/c8-5-7(10)6-9-3-1-2-4-9/h7,10H,1-6,8H2/t7-/m1/s1. The number of β-amino-alcohol motifs (C(OH)–C–C–N with tert-alkyl or cyclic N) is 1. The van der Waals surface area contributed by atoms with Gasteiger partial charge in [-0.3, -0.25) is 0 Å². The van der Waals surface area contributed by atoms with Gasteiger partial charge in [-0.15, -0.1) is 0 Å². The van der Waals surface area contributed by atoms with E-state index in [2.05, 4.69) is 4.90 Å². The smallest absolute Gasteiger partial charge is 0.0789 e. The van der Waals surface area contributed by atoms with Gasteiger partial charge in [0.2, 0.25) is 0 Å². The highest BCUT2D eigenvalue weighted by Gasteiger charge is 2.13. The lowest BCUT2D eigenvalue weighted by Gasteiger charge is -2.17. The molecule has 0 radical (unpaired) electrons. The van der Waals surface area contributed by atoms with Crippen molar-refractivity contribution in [3.63, 3.8) is 0 Å². The molecule has 3 N–H and O–H groups in total. The zero-order valence-electron chi connectivity index (χ0n) is 6.29. The first-order valence-electron chi connectivity index (χ1n) is 3.93. The van der Waals surface area contributed by atoms with Gasteiger partial charge in [0.05, 0.1) is 6.10 Å². The van der Waals surface area contributed by atoms with E-state index >= 15 is 0 Å². The summed E-state index contributed by atoms with van der Waals surface area (Å²) < 4.78 is 0. The third-order valence-corrected chi connectivity index (χ3v) is 1.94. The SMILES string of the molecule is NC[C@@H](O)CN1CCCC1. The van der Waals surface area contributed by atoms with Gasteiger partial charge in [0, 0.05) is 13.1 Å². The van der Waals surface area contributed by atoms with Crippen molar-refractivity contribution < 1.29 is 5.11 Å². The lowest BCUT2D eigenvalue weighted by atomic mass is 10.3. The van der Waals surface area contributed by atoms with Crippen LogP contribution in [0.3, 0.4) is 0 Å². The molecule has 0 spiro atoms. The minimum atomic E-state index is -0.321. The fourth-order valence-electron chi connectivity index (χ4n) is 1.34. The Labute approximate surface area is 61.8 Å². The van der Waals surface area contributed by atoms with Crippen LogP contribution in [0.2, 0.25) is 0 Å². The van der Waals surface area contributed by atoms with E-state index in [0.717, 1.165) is 19.6 Å². The van der Waals surface area contributed by atoms with Crippen LogP contribution >= 0.6 is 0 Å². The molecule has 1 saturated heterocycles. The van der Waals surface area contributed by atoms with Crippen molar-refractivity contribution in [1.82, 2.24) is 4.90 Å². The van der Waals surface area contributed by atoms with Crippen molar-refractivity contribution in [1.29, 1.82) is 0 Å². The van der Waals surface area contributed by atoms with Crippen LogP contribution in [0.4, 0.5) is 0 Å². The summed E-state index contributed by atoms with van der Waals surface area (Å²) in [6.07, 6.45) is 2.23. The molecule has 0 aromatic heterocycles. The maximum Gasteiger partial charge on any atom is 0.0789 e. The molecule has 0 aromatic rings. The molecule has 0 aliphatic carbocycles. The van der Waals surface area contributed by atoms with Crippen molar-refractivity contribution in [2.45, 2.75) is 18.9 Å². The topological polar surface area (TPSA) is 49.5 Å². The van der Waals surface area contributed by atoms with E-state index < -0.39 is 0 Å². The van der Waals surface area contributed by atoms with Gasteiger partial charge in [-0.2, -0.15) is 0 Å². The number of hydrogen-bond donors (Lipinski definition) is 2. The molecule has 1 fully saturated rings. The van der Waals surface area contributed by atoms with Crippen LogP contribution in [0.1, 0.15) is 12.8 Å². The largest absolute Gasteiger partial charge is 0.390 e. The third kappa shape index (κ3) is 2.25. The monoisotopic (exact) mass is 144 g/mol. The quantitative estimate of drug-likeness (QED) is 0.556. The first-order chi connectivity index (χ1) is 4.83. The molecule has 0 amide bonds. The molecule has 3 nitrogen and oxygen atoms in total. The van der Waals surface area contributed by atoms with Crippen LogP contribution in [0.5, 0.6) is 0 Å². The summed E-state index contributed by atoms with van der Waals surface area (Å²) in [5.74, 6) is 0. The summed E-state index contributed by atoms with van der Waals surface area (Å²) in [6, 6.07) is 0. The Morgan fingerprint density at radius 3 is 2.50 bits per heavy atom. The zero-order valence-corrected chi connectivity index (χ0v) is 6.29. The molecule has 0 aromatic carbocycles. The molecule has 1 aliphatic heterocycles. The number of aliphatic hydroxyl groups excluding tert-OH is 1. The van der Waals surface area contributed by atoms with E-state index in [-0.39, 0.29) is 6.10 Å². The Kier molecular flexibility index (Phi) is 3.12. The Balaban J connectivity index is 2.11. The van der Waals surface area contributed by atoms with Gasteiger partial charge in [0.25, 0.3) is 0 Å². The molecule has 1 atom stereocenters. The molecule has 1 heterocycles. The Morgan fingerprint density at radius 2 is 2.00 bits per heavy atom. The van der Waals surface area contributed by atoms with Crippen molar-refractivity contribution in [2.24, 2.45) is 5.73 Å². The van der Waals surface area contributed by atoms with Gasteiger partial charge in [-0.05, 0) is 25.9 Å². The molecule has 60 valence electrons. The highest BCUT2D eigenvalue weighted by atomic mass is 16.3. The summed E-state index contributed by atoms with van der Waals surface area (Å²) in [7, 11) is 0. The molecule has 1 aliphatic rings. The summed E-state index contributed by atoms with van der Waals surface area (Å²) in [5, 5.41) is 9.15. The molecule has 0 unspecified atom stereocenters. The molecule has 1 rings (SSSR count). The Morgan fingerprint density at radius 1 is 1.40 bits per heavy atom. The number of hydrogen-bond acceptors (Lipinski definition) is 3. The van der Waals surface area contributed by atoms with Crippen LogP contribution in [0.25, 0.3) is 0 Å². The molecule has 0 bridgehead atoms. The first-order valence-corrected chi connectivity index (χ1v) is 3.93. The Bertz CT molecular complexity index is 91.6. The minimum Gasteiger partial charge on any atom is -0.390 e. The summed E-state index contributed by atoms with van der Waals surface area (Å²) >= 11 is 0. The van der Waals surface area contributed by atoms with Crippen LogP contribution in [0, 0.1) is 0 Å². The molecule has 3 heteroatoms. The predicted molar refractivity (Wildman–Crippen MR) is 40.7 cm³/mol. The number of aliphatic hydroxyl groups is 1. The summed E-state index contributed by atoms with van der Waals surface area (Å²) in [4.78, 5) is 2.26. The Hall–Kier alpha value is -0.120. The fourth-order valence-corrected chi connectivity index (χ4v) is 1.34. The van der Waals surface area contributed by atoms with E-state index in [0.29, 0.717) is 6.54 Å². The first kappa shape index (κ1) is 7.98. The normalized spacial score (nSPS) is 23.4. The van der Waals surface area contributed by atoms with Crippen LogP contribution in [-0.4, -0.2) is 42.3 Å². The fraction of sp³-hybridized carbons (Fsp3) is 1.00. The van der Waals surface area contributed by atoms with Gasteiger partial charge in [-0.1, -0.05) is 0 Å². The predicted octanol–water partition coefficient (Wildman–Crippen LogP) is -0.598. The van der Waals surface area contributed by atoms with Gasteiger partial charge in [-0.25, -0.2) is 0 Å². The third-order valence-electron chi connectivity index (χ3n) is 1.94. The minimum absolute atomic E-state index is 0.321. The van der Waals surface area contributed by atoms with E-state index in [9.17, 15) is 0 Å². The van der Waals surface area contributed by atoms with Gasteiger partial charge >= 0.3 is 0 Å². The van der Waals surface area contributed by atoms with Crippen molar-refractivity contribution in [2.75, 3.05) is 26.2 Å². The highest BCUT2D eigenvalue weighted by molar-refractivity contribution is 4.70. The van der Waals surface area contributed by atoms with Gasteiger partial charge < -0.3 is 15.7 Å². The molecule has 0 saturated carbocycles. The van der Waals surface area contributed by atoms with Crippen LogP contribution in [0.15, 0.2) is 0 Å². The lowest BCUT2D eigenvalue weighted by molar-refractivity contribution is 0.132. The second-order valence-corrected chi connectivity index (χ2v) is 2.90. The van der Waals surface area contributed by atoms with E-state index in [1.807, 2.05) is 0 Å². The van der Waals surface area contributed by atoms with Crippen LogP contribution in [-0.2, 0) is 0 Å². The average Bonchev–Trinajstić information content (AvgIpc) is 2.40. The van der Waals surface area contributed by atoms with E-state index in [1.165, 1.54) is 12.8 Å². The summed E-state index contributed by atoms with van der Waals surface area (Å²) in [6.45, 7) is 3.42. The maximum atomic E-state index is 9.15. The maximum absolute atomic E-state index is 9.15.